The lowest BCUT2D eigenvalue weighted by Crippen LogP contribution is -2.13. The summed E-state index contributed by atoms with van der Waals surface area (Å²) in [5, 5.41) is 0. The van der Waals surface area contributed by atoms with Gasteiger partial charge in [-0.2, -0.15) is 0 Å². The van der Waals surface area contributed by atoms with Crippen molar-refractivity contribution in [1.29, 1.82) is 0 Å². The van der Waals surface area contributed by atoms with Crippen molar-refractivity contribution >= 4 is 0 Å². The standard InChI is InChI=1S/C14H19N3O2/c1-18-12-4-2-3-5-13(12)19-11-10-17-9-8-16-14(17)6-7-15/h2-5,8-9H,6-7,10-11,15H2,1H3. The number of nitrogens with two attached hydrogens (primary N) is 1. The highest BCUT2D eigenvalue weighted by Gasteiger charge is 2.04. The van der Waals surface area contributed by atoms with Gasteiger partial charge in [-0.05, 0) is 18.7 Å². The van der Waals surface area contributed by atoms with E-state index < -0.39 is 0 Å². The molecule has 0 bridgehead atoms. The summed E-state index contributed by atoms with van der Waals surface area (Å²) in [6, 6.07) is 7.62. The Kier molecular flexibility index (Phi) is 4.80. The maximum atomic E-state index is 5.73. The van der Waals surface area contributed by atoms with Gasteiger partial charge in [0.2, 0.25) is 0 Å². The minimum atomic E-state index is 0.564. The van der Waals surface area contributed by atoms with Crippen LogP contribution in [0.2, 0.25) is 0 Å². The molecule has 5 nitrogen and oxygen atoms in total. The second-order valence-corrected chi connectivity index (χ2v) is 4.07. The van der Waals surface area contributed by atoms with Crippen LogP contribution >= 0.6 is 0 Å². The first-order valence-corrected chi connectivity index (χ1v) is 6.31. The highest BCUT2D eigenvalue weighted by molar-refractivity contribution is 5.39. The molecule has 2 N–H and O–H groups in total. The van der Waals surface area contributed by atoms with E-state index in [0.29, 0.717) is 13.2 Å². The van der Waals surface area contributed by atoms with Crippen LogP contribution in [0, 0.1) is 0 Å². The molecule has 5 heteroatoms. The van der Waals surface area contributed by atoms with Crippen LogP contribution in [0.15, 0.2) is 36.7 Å². The van der Waals surface area contributed by atoms with Crippen molar-refractivity contribution < 1.29 is 9.47 Å². The molecule has 0 saturated heterocycles. The molecule has 2 rings (SSSR count). The van der Waals surface area contributed by atoms with E-state index in [-0.39, 0.29) is 0 Å². The number of hydrogen-bond donors (Lipinski definition) is 1. The zero-order valence-corrected chi connectivity index (χ0v) is 11.1. The quantitative estimate of drug-likeness (QED) is 0.820. The van der Waals surface area contributed by atoms with Gasteiger partial charge in [-0.3, -0.25) is 0 Å². The molecule has 0 atom stereocenters. The summed E-state index contributed by atoms with van der Waals surface area (Å²) in [5.74, 6) is 2.49. The molecule has 0 saturated carbocycles. The van der Waals surface area contributed by atoms with Gasteiger partial charge in [0.15, 0.2) is 11.5 Å². The summed E-state index contributed by atoms with van der Waals surface area (Å²) in [5.41, 5.74) is 5.55. The minimum Gasteiger partial charge on any atom is -0.493 e. The third-order valence-electron chi connectivity index (χ3n) is 2.83. The summed E-state index contributed by atoms with van der Waals surface area (Å²) >= 11 is 0. The fourth-order valence-electron chi connectivity index (χ4n) is 1.89. The Morgan fingerprint density at radius 1 is 1.26 bits per heavy atom. The molecule has 2 aromatic rings. The lowest BCUT2D eigenvalue weighted by atomic mass is 10.3. The first-order chi connectivity index (χ1) is 9.35. The number of ether oxygens (including phenoxy) is 2. The van der Waals surface area contributed by atoms with Crippen LogP contribution in [0.1, 0.15) is 5.82 Å². The van der Waals surface area contributed by atoms with Crippen LogP contribution in [0.5, 0.6) is 11.5 Å². The SMILES string of the molecule is COc1ccccc1OCCn1ccnc1CCN. The van der Waals surface area contributed by atoms with Crippen molar-refractivity contribution in [3.63, 3.8) is 0 Å². The molecule has 0 radical (unpaired) electrons. The Bertz CT molecular complexity index is 511. The Balaban J connectivity index is 1.91. The van der Waals surface area contributed by atoms with E-state index in [0.717, 1.165) is 30.3 Å². The molecule has 19 heavy (non-hydrogen) atoms. The topological polar surface area (TPSA) is 62.3 Å². The van der Waals surface area contributed by atoms with Gasteiger partial charge in [-0.25, -0.2) is 4.98 Å². The minimum absolute atomic E-state index is 0.564. The number of rotatable bonds is 7. The molecule has 0 aliphatic carbocycles. The number of aromatic nitrogens is 2. The molecule has 102 valence electrons. The Hall–Kier alpha value is -2.01. The summed E-state index contributed by atoms with van der Waals surface area (Å²) in [7, 11) is 1.64. The maximum absolute atomic E-state index is 5.73. The lowest BCUT2D eigenvalue weighted by Gasteiger charge is -2.11. The van der Waals surface area contributed by atoms with E-state index in [1.54, 1.807) is 13.3 Å². The van der Waals surface area contributed by atoms with Crippen molar-refractivity contribution in [2.75, 3.05) is 20.3 Å². The zero-order valence-electron chi connectivity index (χ0n) is 11.1. The number of nitrogens with zero attached hydrogens (tertiary/aromatic N) is 2. The highest BCUT2D eigenvalue weighted by atomic mass is 16.5. The van der Waals surface area contributed by atoms with Crippen LogP contribution in [0.4, 0.5) is 0 Å². The van der Waals surface area contributed by atoms with Crippen molar-refractivity contribution in [3.05, 3.63) is 42.5 Å². The maximum Gasteiger partial charge on any atom is 0.161 e. The number of benzene rings is 1. The van der Waals surface area contributed by atoms with Gasteiger partial charge >= 0.3 is 0 Å². The molecule has 1 heterocycles. The monoisotopic (exact) mass is 261 g/mol. The molecule has 0 amide bonds. The molecule has 1 aromatic carbocycles. The first kappa shape index (κ1) is 13.4. The predicted molar refractivity (Wildman–Crippen MR) is 73.5 cm³/mol. The van der Waals surface area contributed by atoms with Crippen molar-refractivity contribution in [1.82, 2.24) is 9.55 Å². The highest BCUT2D eigenvalue weighted by Crippen LogP contribution is 2.25. The summed E-state index contributed by atoms with van der Waals surface area (Å²) < 4.78 is 13.0. The first-order valence-electron chi connectivity index (χ1n) is 6.31. The lowest BCUT2D eigenvalue weighted by molar-refractivity contribution is 0.278. The molecular weight excluding hydrogens is 242 g/mol. The third-order valence-corrected chi connectivity index (χ3v) is 2.83. The van der Waals surface area contributed by atoms with Gasteiger partial charge in [0.1, 0.15) is 12.4 Å². The average Bonchev–Trinajstić information content (AvgIpc) is 2.87. The van der Waals surface area contributed by atoms with Gasteiger partial charge in [0.05, 0.1) is 13.7 Å². The van der Waals surface area contributed by atoms with E-state index in [2.05, 4.69) is 9.55 Å². The second kappa shape index (κ2) is 6.80. The van der Waals surface area contributed by atoms with Crippen LogP contribution in [-0.2, 0) is 13.0 Å². The van der Waals surface area contributed by atoms with Crippen LogP contribution in [0.3, 0.4) is 0 Å². The van der Waals surface area contributed by atoms with E-state index in [9.17, 15) is 0 Å². The average molecular weight is 261 g/mol. The number of para-hydroxylation sites is 2. The van der Waals surface area contributed by atoms with E-state index in [1.807, 2.05) is 30.5 Å². The molecule has 0 spiro atoms. The van der Waals surface area contributed by atoms with E-state index >= 15 is 0 Å². The second-order valence-electron chi connectivity index (χ2n) is 4.07. The van der Waals surface area contributed by atoms with Gasteiger partial charge in [-0.15, -0.1) is 0 Å². The van der Waals surface area contributed by atoms with Gasteiger partial charge in [-0.1, -0.05) is 12.1 Å². The molecule has 0 aliphatic heterocycles. The fourth-order valence-corrected chi connectivity index (χ4v) is 1.89. The van der Waals surface area contributed by atoms with Crippen molar-refractivity contribution in [2.24, 2.45) is 5.73 Å². The van der Waals surface area contributed by atoms with Crippen LogP contribution in [0.25, 0.3) is 0 Å². The molecule has 0 aliphatic rings. The van der Waals surface area contributed by atoms with Gasteiger partial charge in [0, 0.05) is 18.8 Å². The zero-order chi connectivity index (χ0) is 13.5. The Labute approximate surface area is 113 Å². The summed E-state index contributed by atoms with van der Waals surface area (Å²) in [6.45, 7) is 1.91. The van der Waals surface area contributed by atoms with Crippen LogP contribution in [-0.4, -0.2) is 29.8 Å². The fraction of sp³-hybridized carbons (Fsp3) is 0.357. The van der Waals surface area contributed by atoms with Gasteiger partial charge < -0.3 is 19.8 Å². The largest absolute Gasteiger partial charge is 0.493 e. The van der Waals surface area contributed by atoms with Crippen molar-refractivity contribution in [2.45, 2.75) is 13.0 Å². The summed E-state index contributed by atoms with van der Waals surface area (Å²) in [6.07, 6.45) is 4.51. The van der Waals surface area contributed by atoms with Crippen molar-refractivity contribution in [3.8, 4) is 11.5 Å². The Morgan fingerprint density at radius 3 is 2.79 bits per heavy atom. The number of hydrogen-bond acceptors (Lipinski definition) is 4. The third kappa shape index (κ3) is 3.48. The summed E-state index contributed by atoms with van der Waals surface area (Å²) in [4.78, 5) is 4.27. The number of imidazole rings is 1. The van der Waals surface area contributed by atoms with E-state index in [4.69, 9.17) is 15.2 Å². The smallest absolute Gasteiger partial charge is 0.161 e. The predicted octanol–water partition coefficient (Wildman–Crippen LogP) is 1.47. The van der Waals surface area contributed by atoms with Crippen LogP contribution < -0.4 is 15.2 Å². The number of methoxy groups -OCH3 is 1. The molecule has 0 unspecified atom stereocenters. The Morgan fingerprint density at radius 2 is 2.05 bits per heavy atom. The van der Waals surface area contributed by atoms with E-state index in [1.165, 1.54) is 0 Å². The molecular formula is C14H19N3O2. The normalized spacial score (nSPS) is 10.4. The molecule has 0 fully saturated rings. The van der Waals surface area contributed by atoms with Gasteiger partial charge in [0.25, 0.3) is 0 Å². The molecule has 1 aromatic heterocycles.